The minimum Gasteiger partial charge on any atom is -0.506 e. The fourth-order valence-electron chi connectivity index (χ4n) is 2.47. The number of aryl methyl sites for hydroxylation is 1. The topological polar surface area (TPSA) is 67.2 Å². The van der Waals surface area contributed by atoms with Crippen molar-refractivity contribution < 1.29 is 27.5 Å². The first kappa shape index (κ1) is 18.4. The van der Waals surface area contributed by atoms with Crippen LogP contribution < -0.4 is 5.32 Å². The molecular weight excluding hydrogens is 366 g/mol. The van der Waals surface area contributed by atoms with Gasteiger partial charge in [-0.05, 0) is 31.2 Å². The highest BCUT2D eigenvalue weighted by Gasteiger charge is 2.40. The first-order valence-corrected chi connectivity index (χ1v) is 7.69. The van der Waals surface area contributed by atoms with Crippen molar-refractivity contribution in [3.8, 4) is 11.4 Å². The van der Waals surface area contributed by atoms with E-state index in [1.165, 1.54) is 12.1 Å². The Morgan fingerprint density at radius 3 is 2.44 bits per heavy atom. The Morgan fingerprint density at radius 2 is 1.81 bits per heavy atom. The van der Waals surface area contributed by atoms with Gasteiger partial charge in [0.1, 0.15) is 11.6 Å². The van der Waals surface area contributed by atoms with E-state index >= 15 is 0 Å². The van der Waals surface area contributed by atoms with Gasteiger partial charge in [0.2, 0.25) is 0 Å². The number of phenolic OH excluding ortho intramolecular Hbond substituents is 1. The lowest BCUT2D eigenvalue weighted by atomic mass is 10.2. The molecule has 0 saturated heterocycles. The van der Waals surface area contributed by atoms with Crippen LogP contribution >= 0.6 is 0 Å². The van der Waals surface area contributed by atoms with Crippen LogP contribution in [0.2, 0.25) is 0 Å². The monoisotopic (exact) mass is 379 g/mol. The van der Waals surface area contributed by atoms with Crippen molar-refractivity contribution in [1.82, 2.24) is 9.78 Å². The van der Waals surface area contributed by atoms with Crippen LogP contribution in [0.5, 0.6) is 5.75 Å². The Morgan fingerprint density at radius 1 is 1.15 bits per heavy atom. The van der Waals surface area contributed by atoms with Crippen molar-refractivity contribution in [3.05, 3.63) is 71.3 Å². The Hall–Kier alpha value is -3.36. The molecule has 0 fully saturated rings. The number of hydrogen-bond acceptors (Lipinski definition) is 3. The zero-order valence-electron chi connectivity index (χ0n) is 13.9. The smallest absolute Gasteiger partial charge is 0.434 e. The highest BCUT2D eigenvalue weighted by molar-refractivity contribution is 6.05. The SMILES string of the molecule is Cc1ccc(-n2ncc(C(=O)Nc3cc(F)ccc3O)c2C(F)(F)F)cc1. The van der Waals surface area contributed by atoms with Gasteiger partial charge >= 0.3 is 6.18 Å². The summed E-state index contributed by atoms with van der Waals surface area (Å²) >= 11 is 0. The summed E-state index contributed by atoms with van der Waals surface area (Å²) in [6, 6.07) is 8.83. The van der Waals surface area contributed by atoms with E-state index in [4.69, 9.17) is 0 Å². The summed E-state index contributed by atoms with van der Waals surface area (Å²) in [5.41, 5.74) is -1.41. The van der Waals surface area contributed by atoms with Crippen molar-refractivity contribution >= 4 is 11.6 Å². The molecule has 0 bridgehead atoms. The number of aromatic nitrogens is 2. The van der Waals surface area contributed by atoms with Gasteiger partial charge in [-0.15, -0.1) is 0 Å². The molecule has 0 aliphatic rings. The van der Waals surface area contributed by atoms with Crippen molar-refractivity contribution in [2.45, 2.75) is 13.1 Å². The van der Waals surface area contributed by atoms with Crippen LogP contribution in [-0.2, 0) is 6.18 Å². The first-order valence-electron chi connectivity index (χ1n) is 7.69. The molecule has 9 heteroatoms. The van der Waals surface area contributed by atoms with E-state index in [-0.39, 0.29) is 11.4 Å². The number of amides is 1. The summed E-state index contributed by atoms with van der Waals surface area (Å²) in [5, 5.41) is 15.4. The number of carbonyl (C=O) groups is 1. The molecule has 0 unspecified atom stereocenters. The maximum atomic E-state index is 13.6. The fraction of sp³-hybridized carbons (Fsp3) is 0.111. The number of nitrogens with one attached hydrogen (secondary N) is 1. The predicted molar refractivity (Wildman–Crippen MR) is 89.3 cm³/mol. The van der Waals surface area contributed by atoms with Gasteiger partial charge in [0.25, 0.3) is 5.91 Å². The normalized spacial score (nSPS) is 11.4. The van der Waals surface area contributed by atoms with Gasteiger partial charge in [-0.2, -0.15) is 18.3 Å². The van der Waals surface area contributed by atoms with Crippen LogP contribution in [0.1, 0.15) is 21.6 Å². The molecule has 3 aromatic rings. The minimum absolute atomic E-state index is 0.126. The van der Waals surface area contributed by atoms with E-state index in [1.807, 2.05) is 0 Å². The van der Waals surface area contributed by atoms with Crippen LogP contribution in [0, 0.1) is 12.7 Å². The van der Waals surface area contributed by atoms with Crippen molar-refractivity contribution in [1.29, 1.82) is 0 Å². The first-order chi connectivity index (χ1) is 12.7. The van der Waals surface area contributed by atoms with Crippen molar-refractivity contribution in [3.63, 3.8) is 0 Å². The van der Waals surface area contributed by atoms with Gasteiger partial charge in [0.05, 0.1) is 23.1 Å². The third-order valence-corrected chi connectivity index (χ3v) is 3.77. The molecule has 140 valence electrons. The maximum absolute atomic E-state index is 13.6. The van der Waals surface area contributed by atoms with Crippen LogP contribution in [0.3, 0.4) is 0 Å². The Kier molecular flexibility index (Phi) is 4.61. The summed E-state index contributed by atoms with van der Waals surface area (Å²) in [6.45, 7) is 1.78. The second-order valence-electron chi connectivity index (χ2n) is 5.77. The second-order valence-corrected chi connectivity index (χ2v) is 5.77. The van der Waals surface area contributed by atoms with Gasteiger partial charge in [-0.3, -0.25) is 4.79 Å². The number of anilines is 1. The standard InChI is InChI=1S/C18H13F4N3O2/c1-10-2-5-12(6-3-10)25-16(18(20,21)22)13(9-23-25)17(27)24-14-8-11(19)4-7-15(14)26/h2-9,26H,1H3,(H,24,27). The molecular formula is C18H13F4N3O2. The summed E-state index contributed by atoms with van der Waals surface area (Å²) in [5.74, 6) is -2.43. The molecule has 27 heavy (non-hydrogen) atoms. The number of halogens is 4. The summed E-state index contributed by atoms with van der Waals surface area (Å²) in [4.78, 5) is 12.3. The molecule has 3 rings (SSSR count). The Bertz CT molecular complexity index is 995. The van der Waals surface area contributed by atoms with Crippen molar-refractivity contribution in [2.24, 2.45) is 0 Å². The summed E-state index contributed by atoms with van der Waals surface area (Å²) < 4.78 is 54.7. The largest absolute Gasteiger partial charge is 0.506 e. The third kappa shape index (κ3) is 3.76. The van der Waals surface area contributed by atoms with E-state index in [9.17, 15) is 27.5 Å². The average Bonchev–Trinajstić information content (AvgIpc) is 3.04. The molecule has 5 nitrogen and oxygen atoms in total. The summed E-state index contributed by atoms with van der Waals surface area (Å²) in [6.07, 6.45) is -4.10. The molecule has 2 aromatic carbocycles. The van der Waals surface area contributed by atoms with Crippen molar-refractivity contribution in [2.75, 3.05) is 5.32 Å². The molecule has 0 aliphatic carbocycles. The molecule has 0 spiro atoms. The Labute approximate surface area is 150 Å². The zero-order valence-corrected chi connectivity index (χ0v) is 13.9. The summed E-state index contributed by atoms with van der Waals surface area (Å²) in [7, 11) is 0. The molecule has 2 N–H and O–H groups in total. The second kappa shape index (κ2) is 6.75. The molecule has 0 atom stereocenters. The van der Waals surface area contributed by atoms with Gasteiger partial charge < -0.3 is 10.4 Å². The zero-order chi connectivity index (χ0) is 19.8. The number of rotatable bonds is 3. The molecule has 1 aromatic heterocycles. The maximum Gasteiger partial charge on any atom is 0.434 e. The van der Waals surface area contributed by atoms with Gasteiger partial charge in [0, 0.05) is 6.07 Å². The van der Waals surface area contributed by atoms with E-state index in [1.54, 1.807) is 19.1 Å². The quantitative estimate of drug-likeness (QED) is 0.527. The highest BCUT2D eigenvalue weighted by atomic mass is 19.4. The van der Waals surface area contributed by atoms with Gasteiger partial charge in [-0.25, -0.2) is 9.07 Å². The number of alkyl halides is 3. The fourth-order valence-corrected chi connectivity index (χ4v) is 2.47. The van der Waals surface area contributed by atoms with E-state index in [0.717, 1.165) is 30.0 Å². The third-order valence-electron chi connectivity index (χ3n) is 3.77. The number of benzene rings is 2. The van der Waals surface area contributed by atoms with Crippen LogP contribution in [0.25, 0.3) is 5.69 Å². The number of hydrogen-bond donors (Lipinski definition) is 2. The lowest BCUT2D eigenvalue weighted by Crippen LogP contribution is -2.20. The lowest BCUT2D eigenvalue weighted by molar-refractivity contribution is -0.143. The molecule has 0 aliphatic heterocycles. The van der Waals surface area contributed by atoms with Crippen LogP contribution in [0.15, 0.2) is 48.7 Å². The predicted octanol–water partition coefficient (Wildman–Crippen LogP) is 4.30. The Balaban J connectivity index is 2.04. The number of nitrogens with zero attached hydrogens (tertiary/aromatic N) is 2. The molecule has 1 heterocycles. The highest BCUT2D eigenvalue weighted by Crippen LogP contribution is 2.34. The van der Waals surface area contributed by atoms with Gasteiger partial charge in [-0.1, -0.05) is 17.7 Å². The molecule has 1 amide bonds. The molecule has 0 radical (unpaired) electrons. The number of aromatic hydroxyl groups is 1. The van der Waals surface area contributed by atoms with Crippen LogP contribution in [-0.4, -0.2) is 20.8 Å². The molecule has 0 saturated carbocycles. The van der Waals surface area contributed by atoms with Crippen LogP contribution in [0.4, 0.5) is 23.2 Å². The van der Waals surface area contributed by atoms with E-state index in [0.29, 0.717) is 4.68 Å². The lowest BCUT2D eigenvalue weighted by Gasteiger charge is -2.13. The van der Waals surface area contributed by atoms with Gasteiger partial charge in [0.15, 0.2) is 5.69 Å². The number of carbonyl (C=O) groups excluding carboxylic acids is 1. The average molecular weight is 379 g/mol. The van der Waals surface area contributed by atoms with E-state index < -0.39 is 34.9 Å². The number of phenols is 1. The van der Waals surface area contributed by atoms with E-state index in [2.05, 4.69) is 10.4 Å². The minimum atomic E-state index is -4.88.